The largest absolute Gasteiger partial charge is 0.369 e. The van der Waals surface area contributed by atoms with Crippen molar-refractivity contribution < 1.29 is 9.90 Å². The molecule has 0 saturated carbocycles. The van der Waals surface area contributed by atoms with E-state index in [1.54, 1.807) is 11.0 Å². The molecule has 1 unspecified atom stereocenters. The molecule has 1 N–H and O–H groups in total. The van der Waals surface area contributed by atoms with E-state index in [0.29, 0.717) is 5.92 Å². The second-order valence-electron chi connectivity index (χ2n) is 5.52. The maximum absolute atomic E-state index is 12.1. The Bertz CT molecular complexity index is 479. The first kappa shape index (κ1) is 13.8. The van der Waals surface area contributed by atoms with Crippen LogP contribution in [0.25, 0.3) is 0 Å². The van der Waals surface area contributed by atoms with Crippen LogP contribution < -0.4 is 0 Å². The number of carbonyl (C=O) groups excluding carboxylic acids is 1. The van der Waals surface area contributed by atoms with E-state index in [-0.39, 0.29) is 11.9 Å². The van der Waals surface area contributed by atoms with Crippen molar-refractivity contribution in [3.63, 3.8) is 0 Å². The average Bonchev–Trinajstić information content (AvgIpc) is 2.64. The van der Waals surface area contributed by atoms with Crippen LogP contribution in [0.15, 0.2) is 42.0 Å². The molecule has 2 rings (SSSR count). The van der Waals surface area contributed by atoms with E-state index in [9.17, 15) is 9.90 Å². The summed E-state index contributed by atoms with van der Waals surface area (Å²) in [5.41, 5.74) is 1.86. The molecule has 1 aliphatic rings. The summed E-state index contributed by atoms with van der Waals surface area (Å²) in [4.78, 5) is 13.6. The quantitative estimate of drug-likeness (QED) is 0.903. The van der Waals surface area contributed by atoms with Crippen molar-refractivity contribution in [1.29, 1.82) is 0 Å². The molecule has 3 heteroatoms. The summed E-state index contributed by atoms with van der Waals surface area (Å²) in [6.07, 6.45) is 1.56. The van der Waals surface area contributed by atoms with Crippen molar-refractivity contribution in [1.82, 2.24) is 4.90 Å². The Balaban J connectivity index is 2.17. The lowest BCUT2D eigenvalue weighted by atomic mass is 10.0. The number of benzene rings is 1. The van der Waals surface area contributed by atoms with Crippen LogP contribution in [0.1, 0.15) is 38.8 Å². The van der Waals surface area contributed by atoms with Crippen LogP contribution in [0.4, 0.5) is 0 Å². The van der Waals surface area contributed by atoms with Gasteiger partial charge in [0.25, 0.3) is 0 Å². The summed E-state index contributed by atoms with van der Waals surface area (Å²) in [6.45, 7) is 6.12. The molecule has 19 heavy (non-hydrogen) atoms. The number of hydrogen-bond acceptors (Lipinski definition) is 2. The zero-order chi connectivity index (χ0) is 14.0. The highest BCUT2D eigenvalue weighted by Crippen LogP contribution is 2.31. The normalized spacial score (nSPS) is 20.9. The summed E-state index contributed by atoms with van der Waals surface area (Å²) in [7, 11) is 0. The minimum Gasteiger partial charge on any atom is -0.369 e. The summed E-state index contributed by atoms with van der Waals surface area (Å²) in [5, 5.41) is 10.3. The van der Waals surface area contributed by atoms with E-state index in [1.165, 1.54) is 0 Å². The van der Waals surface area contributed by atoms with Gasteiger partial charge in [0.2, 0.25) is 5.91 Å². The molecule has 1 aromatic carbocycles. The van der Waals surface area contributed by atoms with Gasteiger partial charge in [0.15, 0.2) is 6.23 Å². The SMILES string of the molecule is CC(C)CC1=CC(=O)N([C@H](C)c2ccccc2)C1O. The van der Waals surface area contributed by atoms with Gasteiger partial charge in [0.1, 0.15) is 0 Å². The molecular formula is C16H21NO2. The van der Waals surface area contributed by atoms with Crippen LogP contribution in [0.5, 0.6) is 0 Å². The summed E-state index contributed by atoms with van der Waals surface area (Å²) in [6, 6.07) is 9.67. The molecule has 3 nitrogen and oxygen atoms in total. The van der Waals surface area contributed by atoms with Gasteiger partial charge in [-0.3, -0.25) is 4.79 Å². The highest BCUT2D eigenvalue weighted by molar-refractivity contribution is 5.92. The Morgan fingerprint density at radius 1 is 1.21 bits per heavy atom. The first-order valence-electron chi connectivity index (χ1n) is 6.76. The molecule has 1 amide bonds. The van der Waals surface area contributed by atoms with Crippen molar-refractivity contribution in [2.24, 2.45) is 5.92 Å². The van der Waals surface area contributed by atoms with Gasteiger partial charge in [-0.05, 0) is 30.4 Å². The van der Waals surface area contributed by atoms with Crippen molar-refractivity contribution >= 4 is 5.91 Å². The third-order valence-corrected chi connectivity index (χ3v) is 3.50. The third kappa shape index (κ3) is 2.87. The highest BCUT2D eigenvalue weighted by atomic mass is 16.3. The van der Waals surface area contributed by atoms with Crippen molar-refractivity contribution in [2.45, 2.75) is 39.5 Å². The van der Waals surface area contributed by atoms with Gasteiger partial charge in [-0.25, -0.2) is 0 Å². The molecular weight excluding hydrogens is 238 g/mol. The second kappa shape index (κ2) is 5.57. The van der Waals surface area contributed by atoms with Gasteiger partial charge in [0.05, 0.1) is 6.04 Å². The molecule has 1 aromatic rings. The minimum absolute atomic E-state index is 0.0977. The van der Waals surface area contributed by atoms with Crippen molar-refractivity contribution in [3.05, 3.63) is 47.5 Å². The van der Waals surface area contributed by atoms with Gasteiger partial charge in [-0.15, -0.1) is 0 Å². The van der Waals surface area contributed by atoms with Gasteiger partial charge >= 0.3 is 0 Å². The predicted molar refractivity (Wildman–Crippen MR) is 75.2 cm³/mol. The van der Waals surface area contributed by atoms with E-state index in [4.69, 9.17) is 0 Å². The number of amides is 1. The van der Waals surface area contributed by atoms with E-state index in [2.05, 4.69) is 13.8 Å². The Kier molecular flexibility index (Phi) is 4.05. The van der Waals surface area contributed by atoms with Crippen molar-refractivity contribution in [2.75, 3.05) is 0 Å². The molecule has 0 aromatic heterocycles. The number of aliphatic hydroxyl groups is 1. The van der Waals surface area contributed by atoms with Crippen LogP contribution in [-0.2, 0) is 4.79 Å². The summed E-state index contributed by atoms with van der Waals surface area (Å²) >= 11 is 0. The standard InChI is InChI=1S/C16H21NO2/c1-11(2)9-14-10-15(18)17(16(14)19)12(3)13-7-5-4-6-8-13/h4-8,10-12,16,19H,9H2,1-3H3/t12-,16?/m1/s1. The van der Waals surface area contributed by atoms with Gasteiger partial charge < -0.3 is 10.0 Å². The molecule has 1 aliphatic heterocycles. The average molecular weight is 259 g/mol. The lowest BCUT2D eigenvalue weighted by Crippen LogP contribution is -2.37. The van der Waals surface area contributed by atoms with E-state index in [1.807, 2.05) is 37.3 Å². The summed E-state index contributed by atoms with van der Waals surface area (Å²) < 4.78 is 0. The fourth-order valence-corrected chi connectivity index (χ4v) is 2.54. The number of aliphatic hydroxyl groups excluding tert-OH is 1. The van der Waals surface area contributed by atoms with Crippen LogP contribution in [0, 0.1) is 5.92 Å². The molecule has 0 saturated heterocycles. The number of nitrogens with zero attached hydrogens (tertiary/aromatic N) is 1. The second-order valence-corrected chi connectivity index (χ2v) is 5.52. The predicted octanol–water partition coefficient (Wildman–Crippen LogP) is 2.88. The Labute approximate surface area is 114 Å². The van der Waals surface area contributed by atoms with Gasteiger partial charge in [-0.2, -0.15) is 0 Å². The van der Waals surface area contributed by atoms with E-state index < -0.39 is 6.23 Å². The van der Waals surface area contributed by atoms with Crippen LogP contribution >= 0.6 is 0 Å². The molecule has 0 fully saturated rings. The van der Waals surface area contributed by atoms with E-state index in [0.717, 1.165) is 17.6 Å². The lowest BCUT2D eigenvalue weighted by molar-refractivity contribution is -0.134. The van der Waals surface area contributed by atoms with Gasteiger partial charge in [-0.1, -0.05) is 44.2 Å². The fourth-order valence-electron chi connectivity index (χ4n) is 2.54. The Hall–Kier alpha value is -1.61. The van der Waals surface area contributed by atoms with Crippen molar-refractivity contribution in [3.8, 4) is 0 Å². The first-order valence-corrected chi connectivity index (χ1v) is 6.76. The monoisotopic (exact) mass is 259 g/mol. The number of rotatable bonds is 4. The maximum atomic E-state index is 12.1. The third-order valence-electron chi connectivity index (χ3n) is 3.50. The van der Waals surface area contributed by atoms with Gasteiger partial charge in [0, 0.05) is 6.08 Å². The molecule has 0 aliphatic carbocycles. The first-order chi connectivity index (χ1) is 9.00. The number of hydrogen-bond donors (Lipinski definition) is 1. The molecule has 2 atom stereocenters. The molecule has 0 radical (unpaired) electrons. The zero-order valence-electron chi connectivity index (χ0n) is 11.7. The number of carbonyl (C=O) groups is 1. The fraction of sp³-hybridized carbons (Fsp3) is 0.438. The maximum Gasteiger partial charge on any atom is 0.249 e. The molecule has 102 valence electrons. The van der Waals surface area contributed by atoms with Crippen LogP contribution in [-0.4, -0.2) is 22.1 Å². The van der Waals surface area contributed by atoms with Crippen LogP contribution in [0.3, 0.4) is 0 Å². The highest BCUT2D eigenvalue weighted by Gasteiger charge is 2.34. The lowest BCUT2D eigenvalue weighted by Gasteiger charge is -2.30. The Morgan fingerprint density at radius 3 is 2.42 bits per heavy atom. The smallest absolute Gasteiger partial charge is 0.249 e. The minimum atomic E-state index is -0.787. The molecule has 0 spiro atoms. The van der Waals surface area contributed by atoms with Crippen LogP contribution in [0.2, 0.25) is 0 Å². The molecule has 0 bridgehead atoms. The van der Waals surface area contributed by atoms with E-state index >= 15 is 0 Å². The summed E-state index contributed by atoms with van der Waals surface area (Å²) in [5.74, 6) is 0.334. The zero-order valence-corrected chi connectivity index (χ0v) is 11.7. The molecule has 1 heterocycles. The topological polar surface area (TPSA) is 40.5 Å². The Morgan fingerprint density at radius 2 is 1.84 bits per heavy atom.